The molecule has 0 N–H and O–H groups in total. The monoisotopic (exact) mass is 409 g/mol. The van der Waals surface area contributed by atoms with E-state index in [2.05, 4.69) is 4.98 Å². The predicted molar refractivity (Wildman–Crippen MR) is 106 cm³/mol. The summed E-state index contributed by atoms with van der Waals surface area (Å²) >= 11 is 0. The first kappa shape index (κ1) is 20.8. The largest absolute Gasteiger partial charge is 0.464 e. The van der Waals surface area contributed by atoms with Crippen molar-refractivity contribution >= 4 is 28.7 Å². The Morgan fingerprint density at radius 1 is 0.933 bits per heavy atom. The summed E-state index contributed by atoms with van der Waals surface area (Å²) in [6, 6.07) is 14.1. The zero-order chi connectivity index (χ0) is 21.7. The maximum absolute atomic E-state index is 12.3. The van der Waals surface area contributed by atoms with Gasteiger partial charge >= 0.3 is 17.9 Å². The van der Waals surface area contributed by atoms with Crippen LogP contribution in [-0.4, -0.2) is 30.0 Å². The smallest absolute Gasteiger partial charge is 0.360 e. The van der Waals surface area contributed by atoms with E-state index in [9.17, 15) is 14.4 Å². The number of hydrogen-bond acceptors (Lipinski definition) is 8. The molecule has 0 spiro atoms. The molecule has 3 rings (SSSR count). The summed E-state index contributed by atoms with van der Waals surface area (Å²) in [5.41, 5.74) is 0.0437. The van der Waals surface area contributed by atoms with Gasteiger partial charge in [0.1, 0.15) is 18.1 Å². The molecule has 0 fully saturated rings. The lowest BCUT2D eigenvalue weighted by Crippen LogP contribution is -2.14. The van der Waals surface area contributed by atoms with Gasteiger partial charge in [-0.3, -0.25) is 9.59 Å². The Bertz CT molecular complexity index is 1110. The molecule has 0 amide bonds. The average molecular weight is 409 g/mol. The van der Waals surface area contributed by atoms with Crippen LogP contribution >= 0.6 is 0 Å². The molecule has 0 saturated carbocycles. The Labute approximate surface area is 172 Å². The van der Waals surface area contributed by atoms with Crippen molar-refractivity contribution in [1.82, 2.24) is 4.98 Å². The number of carbonyl (C=O) groups excluding carboxylic acids is 3. The Morgan fingerprint density at radius 3 is 2.30 bits per heavy atom. The van der Waals surface area contributed by atoms with Gasteiger partial charge in [-0.2, -0.15) is 0 Å². The first-order valence-corrected chi connectivity index (χ1v) is 8.99. The van der Waals surface area contributed by atoms with Gasteiger partial charge in [-0.1, -0.05) is 30.3 Å². The van der Waals surface area contributed by atoms with E-state index in [0.717, 1.165) is 0 Å². The van der Waals surface area contributed by atoms with Crippen molar-refractivity contribution in [3.05, 3.63) is 59.9 Å². The molecule has 1 heterocycles. The highest BCUT2D eigenvalue weighted by atomic mass is 16.5. The van der Waals surface area contributed by atoms with E-state index in [1.165, 1.54) is 21.0 Å². The number of aromatic nitrogens is 1. The number of methoxy groups -OCH3 is 1. The number of fused-ring (bicyclic) bond motifs is 1. The lowest BCUT2D eigenvalue weighted by molar-refractivity contribution is -0.142. The fraction of sp³-hybridized carbons (Fsp3) is 0.182. The number of hydrogen-bond donors (Lipinski definition) is 0. The van der Waals surface area contributed by atoms with Crippen LogP contribution in [-0.2, 0) is 25.7 Å². The molecule has 1 aromatic heterocycles. The topological polar surface area (TPSA) is 101 Å². The van der Waals surface area contributed by atoms with Crippen LogP contribution in [0.5, 0.6) is 17.2 Å². The van der Waals surface area contributed by atoms with Crippen LogP contribution in [0.1, 0.15) is 30.0 Å². The molecule has 2 aromatic carbocycles. The Kier molecular flexibility index (Phi) is 6.26. The number of rotatable bonds is 6. The highest BCUT2D eigenvalue weighted by molar-refractivity contribution is 6.03. The molecule has 0 radical (unpaired) electrons. The quantitative estimate of drug-likeness (QED) is 0.567. The van der Waals surface area contributed by atoms with Crippen molar-refractivity contribution in [3.8, 4) is 17.2 Å². The highest BCUT2D eigenvalue weighted by Gasteiger charge is 2.25. The second-order valence-corrected chi connectivity index (χ2v) is 6.20. The van der Waals surface area contributed by atoms with E-state index >= 15 is 0 Å². The lowest BCUT2D eigenvalue weighted by Gasteiger charge is -2.16. The van der Waals surface area contributed by atoms with Crippen molar-refractivity contribution in [2.24, 2.45) is 0 Å². The summed E-state index contributed by atoms with van der Waals surface area (Å²) in [6.07, 6.45) is 0. The Morgan fingerprint density at radius 2 is 1.67 bits per heavy atom. The van der Waals surface area contributed by atoms with Gasteiger partial charge in [-0.05, 0) is 18.2 Å². The number of carbonyl (C=O) groups is 3. The minimum Gasteiger partial charge on any atom is -0.464 e. The fourth-order valence-corrected chi connectivity index (χ4v) is 2.84. The fourth-order valence-electron chi connectivity index (χ4n) is 2.84. The second-order valence-electron chi connectivity index (χ2n) is 6.20. The molecule has 0 aliphatic rings. The molecule has 8 nitrogen and oxygen atoms in total. The van der Waals surface area contributed by atoms with E-state index in [1.54, 1.807) is 30.3 Å². The number of pyridine rings is 1. The molecule has 0 bridgehead atoms. The van der Waals surface area contributed by atoms with E-state index in [1.807, 2.05) is 18.2 Å². The molecule has 0 saturated heterocycles. The van der Waals surface area contributed by atoms with Gasteiger partial charge in [0.25, 0.3) is 0 Å². The van der Waals surface area contributed by atoms with Gasteiger partial charge in [0.15, 0.2) is 11.4 Å². The lowest BCUT2D eigenvalue weighted by atomic mass is 10.1. The van der Waals surface area contributed by atoms with Crippen LogP contribution in [0, 0.1) is 0 Å². The van der Waals surface area contributed by atoms with Crippen molar-refractivity contribution < 1.29 is 33.3 Å². The summed E-state index contributed by atoms with van der Waals surface area (Å²) in [4.78, 5) is 39.7. The number of benzene rings is 2. The molecule has 8 heteroatoms. The van der Waals surface area contributed by atoms with Gasteiger partial charge in [-0.25, -0.2) is 9.78 Å². The summed E-state index contributed by atoms with van der Waals surface area (Å²) in [5, 5.41) is 0.822. The van der Waals surface area contributed by atoms with Gasteiger partial charge in [0.05, 0.1) is 18.2 Å². The van der Waals surface area contributed by atoms with Crippen LogP contribution in [0.15, 0.2) is 48.5 Å². The maximum Gasteiger partial charge on any atom is 0.360 e. The van der Waals surface area contributed by atoms with Crippen molar-refractivity contribution in [3.63, 3.8) is 0 Å². The normalized spacial score (nSPS) is 10.4. The summed E-state index contributed by atoms with van der Waals surface area (Å²) in [6.45, 7) is 2.26. The molecule has 154 valence electrons. The van der Waals surface area contributed by atoms with Crippen molar-refractivity contribution in [2.45, 2.75) is 20.5 Å². The molecule has 0 aliphatic carbocycles. The van der Waals surface area contributed by atoms with Crippen LogP contribution in [0.25, 0.3) is 10.8 Å². The SMILES string of the molecule is COC(=O)c1nc(COC(C)=O)c2c(Oc3ccccc3)cccc2c1OC(C)=O. The molecule has 30 heavy (non-hydrogen) atoms. The zero-order valence-corrected chi connectivity index (χ0v) is 16.6. The third-order valence-corrected chi connectivity index (χ3v) is 4.03. The van der Waals surface area contributed by atoms with Gasteiger partial charge in [-0.15, -0.1) is 0 Å². The number of esters is 3. The zero-order valence-electron chi connectivity index (χ0n) is 16.6. The minimum absolute atomic E-state index is 0.0607. The van der Waals surface area contributed by atoms with Gasteiger partial charge in [0.2, 0.25) is 0 Å². The predicted octanol–water partition coefficient (Wildman–Crippen LogP) is 3.80. The summed E-state index contributed by atoms with van der Waals surface area (Å²) in [7, 11) is 1.19. The number of para-hydroxylation sites is 1. The first-order valence-electron chi connectivity index (χ1n) is 8.99. The van der Waals surface area contributed by atoms with Crippen LogP contribution in [0.3, 0.4) is 0 Å². The highest BCUT2D eigenvalue weighted by Crippen LogP contribution is 2.38. The second kappa shape index (κ2) is 9.04. The molecule has 0 unspecified atom stereocenters. The van der Waals surface area contributed by atoms with Crippen LogP contribution in [0.4, 0.5) is 0 Å². The van der Waals surface area contributed by atoms with Crippen molar-refractivity contribution in [2.75, 3.05) is 7.11 Å². The maximum atomic E-state index is 12.3. The molecule has 0 aliphatic heterocycles. The summed E-state index contributed by atoms with van der Waals surface area (Å²) in [5.74, 6) is -1.06. The average Bonchev–Trinajstić information content (AvgIpc) is 2.73. The number of ether oxygens (including phenoxy) is 4. The van der Waals surface area contributed by atoms with Crippen molar-refractivity contribution in [1.29, 1.82) is 0 Å². The molecular weight excluding hydrogens is 390 g/mol. The molecule has 0 atom stereocenters. The third-order valence-electron chi connectivity index (χ3n) is 4.03. The standard InChI is InChI=1S/C22H19NO7/c1-13(24)28-12-17-19-16(21(29-14(2)25)20(23-17)22(26)27-3)10-7-11-18(19)30-15-8-5-4-6-9-15/h4-11H,12H2,1-3H3. The number of nitrogens with zero attached hydrogens (tertiary/aromatic N) is 1. The van der Waals surface area contributed by atoms with E-state index in [0.29, 0.717) is 22.3 Å². The van der Waals surface area contributed by atoms with E-state index < -0.39 is 17.9 Å². The van der Waals surface area contributed by atoms with Crippen LogP contribution in [0.2, 0.25) is 0 Å². The summed E-state index contributed by atoms with van der Waals surface area (Å²) < 4.78 is 21.2. The minimum atomic E-state index is -0.799. The first-order chi connectivity index (χ1) is 14.4. The third kappa shape index (κ3) is 4.54. The molecular formula is C22H19NO7. The van der Waals surface area contributed by atoms with Crippen LogP contribution < -0.4 is 9.47 Å². The van der Waals surface area contributed by atoms with Gasteiger partial charge < -0.3 is 18.9 Å². The Hall–Kier alpha value is -3.94. The Balaban J connectivity index is 2.28. The van der Waals surface area contributed by atoms with Gasteiger partial charge in [0, 0.05) is 19.2 Å². The molecule has 3 aromatic rings. The van der Waals surface area contributed by atoms with E-state index in [4.69, 9.17) is 18.9 Å². The van der Waals surface area contributed by atoms with E-state index in [-0.39, 0.29) is 23.7 Å².